The first-order valence-corrected chi connectivity index (χ1v) is 12.0. The lowest BCUT2D eigenvalue weighted by molar-refractivity contribution is -0.141. The largest absolute Gasteiger partial charge is 0.396 e. The Morgan fingerprint density at radius 3 is 2.29 bits per heavy atom. The number of allylic oxidation sites excluding steroid dienone is 1. The molecule has 0 bridgehead atoms. The highest BCUT2D eigenvalue weighted by Gasteiger charge is 2.35. The molecule has 0 aliphatic heterocycles. The number of benzene rings is 1. The van der Waals surface area contributed by atoms with Crippen LogP contribution in [0, 0.1) is 17.8 Å². The van der Waals surface area contributed by atoms with Crippen LogP contribution in [-0.4, -0.2) is 54.4 Å². The van der Waals surface area contributed by atoms with E-state index in [-0.39, 0.29) is 31.9 Å². The average Bonchev–Trinajstić information content (AvgIpc) is 2.72. The number of hydroxylamine groups is 1. The Morgan fingerprint density at radius 1 is 1.13 bits per heavy atom. The average molecular weight is 456 g/mol. The molecule has 0 unspecified atom stereocenters. The molecule has 0 aliphatic carbocycles. The van der Waals surface area contributed by atoms with Crippen molar-refractivity contribution >= 4 is 27.9 Å². The van der Waals surface area contributed by atoms with Gasteiger partial charge < -0.3 is 5.11 Å². The lowest BCUT2D eigenvalue weighted by atomic mass is 9.82. The summed E-state index contributed by atoms with van der Waals surface area (Å²) in [6.45, 7) is 3.43. The number of aliphatic hydroxyl groups is 1. The molecule has 31 heavy (non-hydrogen) atoms. The molecular formula is C21H33N3O6S. The summed E-state index contributed by atoms with van der Waals surface area (Å²) >= 11 is 0. The van der Waals surface area contributed by atoms with Crippen LogP contribution in [-0.2, 0) is 19.6 Å². The quantitative estimate of drug-likeness (QED) is 0.263. The third-order valence-corrected chi connectivity index (χ3v) is 5.72. The van der Waals surface area contributed by atoms with E-state index in [0.717, 1.165) is 16.2 Å². The summed E-state index contributed by atoms with van der Waals surface area (Å²) in [5.41, 5.74) is 4.92. The fraction of sp³-hybridized carbons (Fsp3) is 0.524. The molecule has 0 saturated carbocycles. The maximum Gasteiger partial charge on any atom is 0.247 e. The molecule has 2 atom stereocenters. The first-order chi connectivity index (χ1) is 14.6. The molecule has 0 aromatic heterocycles. The predicted octanol–water partition coefficient (Wildman–Crippen LogP) is 1.55. The Hall–Kier alpha value is -2.27. The number of hydrogen-bond donors (Lipinski definition) is 4. The third kappa shape index (κ3) is 9.60. The first kappa shape index (κ1) is 26.8. The highest BCUT2D eigenvalue weighted by molar-refractivity contribution is 7.88. The van der Waals surface area contributed by atoms with Crippen LogP contribution in [0.15, 0.2) is 36.4 Å². The summed E-state index contributed by atoms with van der Waals surface area (Å²) in [6, 6.07) is 9.41. The number of aliphatic hydroxyl groups excluding tert-OH is 1. The van der Waals surface area contributed by atoms with Crippen molar-refractivity contribution in [3.05, 3.63) is 42.0 Å². The van der Waals surface area contributed by atoms with Crippen molar-refractivity contribution in [2.24, 2.45) is 17.8 Å². The van der Waals surface area contributed by atoms with E-state index >= 15 is 0 Å². The Bertz CT molecular complexity index is 827. The van der Waals surface area contributed by atoms with Gasteiger partial charge in [-0.3, -0.25) is 20.2 Å². The maximum absolute atomic E-state index is 13.0. The summed E-state index contributed by atoms with van der Waals surface area (Å²) < 4.78 is 24.8. The van der Waals surface area contributed by atoms with Gasteiger partial charge in [0.05, 0.1) is 18.1 Å². The molecule has 1 rings (SSSR count). The Balaban J connectivity index is 3.11. The van der Waals surface area contributed by atoms with Crippen LogP contribution in [0.3, 0.4) is 0 Å². The molecule has 0 radical (unpaired) electrons. The van der Waals surface area contributed by atoms with Crippen molar-refractivity contribution in [3.63, 3.8) is 0 Å². The summed E-state index contributed by atoms with van der Waals surface area (Å²) in [6.07, 6.45) is 5.12. The topological polar surface area (TPSA) is 136 Å². The number of sulfonamides is 1. The van der Waals surface area contributed by atoms with Crippen molar-refractivity contribution in [2.75, 3.05) is 19.4 Å². The number of hydrazine groups is 1. The summed E-state index contributed by atoms with van der Waals surface area (Å²) in [5.74, 6) is -3.12. The molecule has 0 aliphatic rings. The molecule has 1 aromatic rings. The molecule has 9 nitrogen and oxygen atoms in total. The van der Waals surface area contributed by atoms with Gasteiger partial charge in [0.1, 0.15) is 0 Å². The second kappa shape index (κ2) is 13.2. The standard InChI is InChI=1S/C21H33N3O6S/c1-16(2)15-19(20(26)22-24(13-8-14-25)31(3,29)30)18(21(27)23-28)12-7-11-17-9-5-4-6-10-17/h4-7,9-11,16,18-19,25,28H,8,12-15H2,1-3H3,(H,22,26)(H,23,27)/b11-7+/t18-,19+/m0/s1. The van der Waals surface area contributed by atoms with Gasteiger partial charge in [-0.2, -0.15) is 0 Å². The molecule has 0 fully saturated rings. The minimum absolute atomic E-state index is 0.0342. The van der Waals surface area contributed by atoms with Gasteiger partial charge in [-0.15, -0.1) is 4.41 Å². The van der Waals surface area contributed by atoms with E-state index in [0.29, 0.717) is 6.42 Å². The van der Waals surface area contributed by atoms with E-state index in [9.17, 15) is 23.2 Å². The number of rotatable bonds is 13. The smallest absolute Gasteiger partial charge is 0.247 e. The van der Waals surface area contributed by atoms with E-state index < -0.39 is 33.7 Å². The number of nitrogens with one attached hydrogen (secondary N) is 2. The van der Waals surface area contributed by atoms with Gasteiger partial charge in [0, 0.05) is 13.2 Å². The van der Waals surface area contributed by atoms with Crippen LogP contribution in [0.1, 0.15) is 38.7 Å². The van der Waals surface area contributed by atoms with Gasteiger partial charge in [-0.1, -0.05) is 56.3 Å². The van der Waals surface area contributed by atoms with E-state index in [1.165, 1.54) is 0 Å². The van der Waals surface area contributed by atoms with Crippen LogP contribution in [0.25, 0.3) is 6.08 Å². The van der Waals surface area contributed by atoms with Gasteiger partial charge in [0.15, 0.2) is 0 Å². The molecule has 4 N–H and O–H groups in total. The number of carbonyl (C=O) groups excluding carboxylic acids is 2. The number of nitrogens with zero attached hydrogens (tertiary/aromatic N) is 1. The van der Waals surface area contributed by atoms with Crippen molar-refractivity contribution in [1.82, 2.24) is 15.3 Å². The third-order valence-electron chi connectivity index (χ3n) is 4.65. The van der Waals surface area contributed by atoms with Crippen LogP contribution >= 0.6 is 0 Å². The summed E-state index contributed by atoms with van der Waals surface area (Å²) in [4.78, 5) is 25.4. The van der Waals surface area contributed by atoms with E-state index in [4.69, 9.17) is 5.11 Å². The molecule has 2 amide bonds. The van der Waals surface area contributed by atoms with Gasteiger partial charge >= 0.3 is 0 Å². The zero-order valence-corrected chi connectivity index (χ0v) is 19.0. The van der Waals surface area contributed by atoms with Crippen LogP contribution in [0.2, 0.25) is 0 Å². The van der Waals surface area contributed by atoms with Gasteiger partial charge in [-0.05, 0) is 30.7 Å². The Kier molecular flexibility index (Phi) is 11.4. The van der Waals surface area contributed by atoms with Crippen molar-refractivity contribution in [2.45, 2.75) is 33.1 Å². The van der Waals surface area contributed by atoms with Crippen LogP contribution in [0.5, 0.6) is 0 Å². The van der Waals surface area contributed by atoms with E-state index in [1.54, 1.807) is 11.6 Å². The molecule has 0 spiro atoms. The van der Waals surface area contributed by atoms with Gasteiger partial charge in [0.2, 0.25) is 21.8 Å². The minimum Gasteiger partial charge on any atom is -0.396 e. The number of amides is 2. The summed E-state index contributed by atoms with van der Waals surface area (Å²) in [5, 5.41) is 18.2. The number of carbonyl (C=O) groups is 2. The Labute approximate surface area is 184 Å². The zero-order chi connectivity index (χ0) is 23.4. The highest BCUT2D eigenvalue weighted by atomic mass is 32.2. The SMILES string of the molecule is CC(C)C[C@@H](C(=O)NN(CCCO)S(C)(=O)=O)[C@H](C/C=C/c1ccccc1)C(=O)NO. The monoisotopic (exact) mass is 455 g/mol. The maximum atomic E-state index is 13.0. The molecule has 174 valence electrons. The lowest BCUT2D eigenvalue weighted by Crippen LogP contribution is -2.51. The Morgan fingerprint density at radius 2 is 1.77 bits per heavy atom. The lowest BCUT2D eigenvalue weighted by Gasteiger charge is -2.28. The van der Waals surface area contributed by atoms with Gasteiger partial charge in [0.25, 0.3) is 0 Å². The first-order valence-electron chi connectivity index (χ1n) is 10.1. The van der Waals surface area contributed by atoms with Gasteiger partial charge in [-0.25, -0.2) is 13.9 Å². The van der Waals surface area contributed by atoms with Crippen molar-refractivity contribution < 1.29 is 28.3 Å². The molecule has 0 saturated heterocycles. The van der Waals surface area contributed by atoms with E-state index in [1.807, 2.05) is 50.3 Å². The van der Waals surface area contributed by atoms with E-state index in [2.05, 4.69) is 5.43 Å². The molecule has 0 heterocycles. The molecule has 1 aromatic carbocycles. The molecule has 10 heteroatoms. The summed E-state index contributed by atoms with van der Waals surface area (Å²) in [7, 11) is -3.77. The molecular weight excluding hydrogens is 422 g/mol. The van der Waals surface area contributed by atoms with Crippen LogP contribution in [0.4, 0.5) is 0 Å². The second-order valence-corrected chi connectivity index (χ2v) is 9.66. The minimum atomic E-state index is -3.77. The van der Waals surface area contributed by atoms with Crippen molar-refractivity contribution in [3.8, 4) is 0 Å². The highest BCUT2D eigenvalue weighted by Crippen LogP contribution is 2.25. The predicted molar refractivity (Wildman–Crippen MR) is 118 cm³/mol. The van der Waals surface area contributed by atoms with Crippen molar-refractivity contribution in [1.29, 1.82) is 0 Å². The fourth-order valence-electron chi connectivity index (χ4n) is 3.14. The number of hydrogen-bond acceptors (Lipinski definition) is 6. The fourth-order valence-corrected chi connectivity index (χ4v) is 3.86. The second-order valence-electron chi connectivity index (χ2n) is 7.76. The van der Waals surface area contributed by atoms with Crippen LogP contribution < -0.4 is 10.9 Å². The zero-order valence-electron chi connectivity index (χ0n) is 18.2. The normalized spacial score (nSPS) is 14.0.